The maximum Gasteiger partial charge on any atom is 0.373 e. The first-order chi connectivity index (χ1) is 22.1. The summed E-state index contributed by atoms with van der Waals surface area (Å²) < 4.78 is 9.87. The first-order valence-corrected chi connectivity index (χ1v) is 14.0. The van der Waals surface area contributed by atoms with E-state index in [0.29, 0.717) is 26.2 Å². The standard InChI is InChI=1S/C13H19BN4O5.C8H7ClN2O4.C5H13BN2O.ClH/c1-14(20)17-6-4-3-5-16-12-10(18(21)22)7-9(13(15)19)8-11(12)23-2;1-15-6-3-4(8(10)12)2-5(7(6)9)11(13)14;1-6(9)8-5-3-2-4-7;/h3-4,7-8,16-17,20H,5-6H2,1-2H3,(H2,15,19);2-3H,1H3,(H2,10,12);2-3,8-9H,4-5,7H2,1H3;1H/b4-3+;;3-2+;. The van der Waals surface area contributed by atoms with E-state index >= 15 is 0 Å². The lowest BCUT2D eigenvalue weighted by atomic mass is 9.89. The number of hydrogen-bond acceptors (Lipinski definition) is 14. The Balaban J connectivity index is 0. The summed E-state index contributed by atoms with van der Waals surface area (Å²) in [7, 11) is 1.58. The zero-order chi connectivity index (χ0) is 36.1. The Labute approximate surface area is 289 Å². The minimum atomic E-state index is -0.784. The highest BCUT2D eigenvalue weighted by Crippen LogP contribution is 2.36. The number of carbonyl (C=O) groups is 2. The summed E-state index contributed by atoms with van der Waals surface area (Å²) in [6.45, 7) is 5.26. The van der Waals surface area contributed by atoms with Gasteiger partial charge in [0.05, 0.1) is 24.1 Å². The fraction of sp³-hybridized carbons (Fsp3) is 0.308. The topological polar surface area (TPSA) is 293 Å². The van der Waals surface area contributed by atoms with Crippen molar-refractivity contribution in [1.29, 1.82) is 0 Å². The van der Waals surface area contributed by atoms with Gasteiger partial charge in [-0.15, -0.1) is 12.4 Å². The molecule has 0 bridgehead atoms. The van der Waals surface area contributed by atoms with Gasteiger partial charge in [-0.3, -0.25) is 29.8 Å². The molecular weight excluding hydrogens is 677 g/mol. The van der Waals surface area contributed by atoms with Crippen molar-refractivity contribution < 1.29 is 39.0 Å². The number of halogens is 2. The lowest BCUT2D eigenvalue weighted by Gasteiger charge is -2.11. The Morgan fingerprint density at radius 2 is 1.25 bits per heavy atom. The third kappa shape index (κ3) is 17.5. The van der Waals surface area contributed by atoms with Crippen molar-refractivity contribution in [1.82, 2.24) is 10.5 Å². The highest BCUT2D eigenvalue weighted by atomic mass is 35.5. The van der Waals surface area contributed by atoms with Crippen LogP contribution in [-0.2, 0) is 0 Å². The largest absolute Gasteiger partial charge is 0.495 e. The highest BCUT2D eigenvalue weighted by Gasteiger charge is 2.22. The molecule has 2 aromatic rings. The lowest BCUT2D eigenvalue weighted by molar-refractivity contribution is -0.384. The van der Waals surface area contributed by atoms with Crippen molar-refractivity contribution in [2.75, 3.05) is 45.7 Å². The van der Waals surface area contributed by atoms with Crippen molar-refractivity contribution in [2.45, 2.75) is 13.6 Å². The minimum Gasteiger partial charge on any atom is -0.495 e. The van der Waals surface area contributed by atoms with Crippen molar-refractivity contribution in [3.63, 3.8) is 0 Å². The lowest BCUT2D eigenvalue weighted by Crippen LogP contribution is -2.30. The number of nitrogens with zero attached hydrogens (tertiary/aromatic N) is 2. The maximum atomic E-state index is 11.2. The summed E-state index contributed by atoms with van der Waals surface area (Å²) >= 11 is 5.66. The van der Waals surface area contributed by atoms with E-state index in [4.69, 9.17) is 48.3 Å². The molecule has 0 radical (unpaired) electrons. The maximum absolute atomic E-state index is 11.2. The van der Waals surface area contributed by atoms with E-state index in [9.17, 15) is 29.8 Å². The smallest absolute Gasteiger partial charge is 0.373 e. The molecule has 2 rings (SSSR count). The molecule has 18 nitrogen and oxygen atoms in total. The Bertz CT molecular complexity index is 1420. The normalized spacial score (nSPS) is 10.1. The summed E-state index contributed by atoms with van der Waals surface area (Å²) in [5.74, 6) is -1.36. The van der Waals surface area contributed by atoms with Gasteiger partial charge >= 0.3 is 14.1 Å². The van der Waals surface area contributed by atoms with Crippen LogP contribution >= 0.6 is 24.0 Å². The Morgan fingerprint density at radius 1 is 0.833 bits per heavy atom. The van der Waals surface area contributed by atoms with E-state index in [0.717, 1.165) is 12.1 Å². The van der Waals surface area contributed by atoms with Crippen LogP contribution in [0.15, 0.2) is 48.6 Å². The number of ether oxygens (including phenoxy) is 2. The van der Waals surface area contributed by atoms with E-state index < -0.39 is 41.4 Å². The molecule has 0 aliphatic heterocycles. The third-order valence-corrected chi connectivity index (χ3v) is 5.81. The molecule has 11 N–H and O–H groups in total. The SMILES string of the molecule is CB(O)NC/C=C/CN.COc1cc(C(N)=O)cc([N+](=O)[O-])c1Cl.COc1cc(C(N)=O)cc([N+](=O)[O-])c1NC/C=C/CNB(C)O.Cl. The first kappa shape index (κ1) is 45.7. The van der Waals surface area contributed by atoms with Crippen molar-refractivity contribution >= 4 is 67.0 Å². The molecule has 22 heteroatoms. The highest BCUT2D eigenvalue weighted by molar-refractivity contribution is 6.45. The summed E-state index contributed by atoms with van der Waals surface area (Å²) in [5.41, 5.74) is 14.7. The second-order valence-corrected chi connectivity index (χ2v) is 9.43. The van der Waals surface area contributed by atoms with Crippen LogP contribution in [0.2, 0.25) is 18.7 Å². The Hall–Kier alpha value is -4.43. The second-order valence-electron chi connectivity index (χ2n) is 9.05. The minimum absolute atomic E-state index is 0. The van der Waals surface area contributed by atoms with Gasteiger partial charge in [-0.25, -0.2) is 0 Å². The van der Waals surface area contributed by atoms with E-state index in [-0.39, 0.29) is 51.4 Å². The molecule has 0 aliphatic rings. The Kier molecular flexibility index (Phi) is 23.5. The molecular formula is C26H40B2Cl2N8O10. The first-order valence-electron chi connectivity index (χ1n) is 13.7. The summed E-state index contributed by atoms with van der Waals surface area (Å²) in [5, 5.41) is 47.7. The zero-order valence-corrected chi connectivity index (χ0v) is 28.2. The van der Waals surface area contributed by atoms with Crippen LogP contribution in [0, 0.1) is 20.2 Å². The van der Waals surface area contributed by atoms with Gasteiger partial charge in [-0.05, 0) is 25.8 Å². The molecule has 48 heavy (non-hydrogen) atoms. The number of hydrogen-bond donors (Lipinski definition) is 8. The Morgan fingerprint density at radius 3 is 1.65 bits per heavy atom. The van der Waals surface area contributed by atoms with E-state index in [1.54, 1.807) is 25.8 Å². The van der Waals surface area contributed by atoms with Crippen LogP contribution in [0.1, 0.15) is 20.7 Å². The van der Waals surface area contributed by atoms with Gasteiger partial charge in [0.2, 0.25) is 11.8 Å². The number of nitro benzene ring substituents is 2. The number of rotatable bonds is 16. The molecule has 264 valence electrons. The number of nitro groups is 2. The van der Waals surface area contributed by atoms with Crippen molar-refractivity contribution in [2.24, 2.45) is 17.2 Å². The van der Waals surface area contributed by atoms with Crippen LogP contribution in [0.5, 0.6) is 11.5 Å². The number of carbonyl (C=O) groups excluding carboxylic acids is 2. The molecule has 0 saturated carbocycles. The molecule has 0 atom stereocenters. The predicted molar refractivity (Wildman–Crippen MR) is 188 cm³/mol. The third-order valence-electron chi connectivity index (χ3n) is 5.43. The average Bonchev–Trinajstić information content (AvgIpc) is 3.00. The monoisotopic (exact) mass is 716 g/mol. The van der Waals surface area contributed by atoms with E-state index in [2.05, 4.69) is 15.8 Å². The quantitative estimate of drug-likeness (QED) is 0.0527. The summed E-state index contributed by atoms with van der Waals surface area (Å²) in [4.78, 5) is 42.5. The zero-order valence-electron chi connectivity index (χ0n) is 26.7. The number of amides is 2. The van der Waals surface area contributed by atoms with E-state index in [1.807, 2.05) is 12.2 Å². The van der Waals surface area contributed by atoms with Crippen LogP contribution < -0.4 is 42.4 Å². The fourth-order valence-corrected chi connectivity index (χ4v) is 3.47. The molecule has 0 aromatic heterocycles. The molecule has 0 heterocycles. The van der Waals surface area contributed by atoms with Crippen LogP contribution in [0.4, 0.5) is 17.1 Å². The number of nitrogens with one attached hydrogen (secondary N) is 3. The van der Waals surface area contributed by atoms with Gasteiger partial charge < -0.3 is 52.5 Å². The molecule has 2 amide bonds. The molecule has 0 spiro atoms. The van der Waals surface area contributed by atoms with Crippen LogP contribution in [-0.4, -0.2) is 86.2 Å². The summed E-state index contributed by atoms with van der Waals surface area (Å²) in [6.07, 6.45) is 7.22. The van der Waals surface area contributed by atoms with E-state index in [1.165, 1.54) is 26.4 Å². The summed E-state index contributed by atoms with van der Waals surface area (Å²) in [6, 6.07) is 4.70. The number of anilines is 1. The number of methoxy groups -OCH3 is 2. The number of nitrogens with two attached hydrogens (primary N) is 3. The molecule has 2 aromatic carbocycles. The number of primary amides is 2. The molecule has 0 aliphatic carbocycles. The fourth-order valence-electron chi connectivity index (χ4n) is 3.22. The van der Waals surface area contributed by atoms with Crippen molar-refractivity contribution in [3.05, 3.63) is 84.9 Å². The molecule has 0 unspecified atom stereocenters. The van der Waals surface area contributed by atoms with Gasteiger partial charge in [0, 0.05) is 49.4 Å². The van der Waals surface area contributed by atoms with Gasteiger partial charge in [0.25, 0.3) is 11.4 Å². The van der Waals surface area contributed by atoms with Crippen LogP contribution in [0.3, 0.4) is 0 Å². The van der Waals surface area contributed by atoms with Gasteiger partial charge in [-0.1, -0.05) is 35.9 Å². The predicted octanol–water partition coefficient (Wildman–Crippen LogP) is 1.35. The van der Waals surface area contributed by atoms with Crippen LogP contribution in [0.25, 0.3) is 0 Å². The molecule has 0 saturated heterocycles. The van der Waals surface area contributed by atoms with Crippen molar-refractivity contribution in [3.8, 4) is 11.5 Å². The van der Waals surface area contributed by atoms with Gasteiger partial charge in [0.1, 0.15) is 11.5 Å². The van der Waals surface area contributed by atoms with Gasteiger partial charge in [-0.2, -0.15) is 0 Å². The van der Waals surface area contributed by atoms with Gasteiger partial charge in [0.15, 0.2) is 10.7 Å². The average molecular weight is 717 g/mol. The number of benzene rings is 2. The second kappa shape index (κ2) is 24.7. The molecule has 0 fully saturated rings.